The third kappa shape index (κ3) is 4.54. The minimum Gasteiger partial charge on any atom is -0.416 e. The SMILES string of the molecule is Cc1nc(Cc2nnc(SCC(=O)N3CCCC(C)C3)o2)cs1. The molecule has 3 heterocycles. The highest BCUT2D eigenvalue weighted by molar-refractivity contribution is 7.99. The maximum atomic E-state index is 12.2. The van der Waals surface area contributed by atoms with Crippen LogP contribution in [0.1, 0.15) is 36.4 Å². The fourth-order valence-electron chi connectivity index (χ4n) is 2.64. The Morgan fingerprint density at radius 1 is 1.52 bits per heavy atom. The summed E-state index contributed by atoms with van der Waals surface area (Å²) in [6.07, 6.45) is 2.84. The number of aromatic nitrogens is 3. The Morgan fingerprint density at radius 3 is 3.13 bits per heavy atom. The Morgan fingerprint density at radius 2 is 2.39 bits per heavy atom. The van der Waals surface area contributed by atoms with E-state index in [0.717, 1.165) is 30.2 Å². The van der Waals surface area contributed by atoms with Gasteiger partial charge in [0.1, 0.15) is 0 Å². The molecule has 8 heteroatoms. The van der Waals surface area contributed by atoms with Crippen LogP contribution in [0.4, 0.5) is 0 Å². The normalized spacial score (nSPS) is 18.3. The molecule has 1 aliphatic rings. The second kappa shape index (κ2) is 7.44. The van der Waals surface area contributed by atoms with E-state index < -0.39 is 0 Å². The second-order valence-electron chi connectivity index (χ2n) is 5.87. The molecule has 1 fully saturated rings. The Hall–Kier alpha value is -1.41. The van der Waals surface area contributed by atoms with E-state index >= 15 is 0 Å². The smallest absolute Gasteiger partial charge is 0.277 e. The molecule has 1 unspecified atom stereocenters. The fourth-order valence-corrected chi connectivity index (χ4v) is 3.94. The number of aryl methyl sites for hydroxylation is 1. The van der Waals surface area contributed by atoms with Crippen LogP contribution in [0.3, 0.4) is 0 Å². The number of nitrogens with zero attached hydrogens (tertiary/aromatic N) is 4. The van der Waals surface area contributed by atoms with Gasteiger partial charge >= 0.3 is 0 Å². The Kier molecular flexibility index (Phi) is 5.32. The molecular weight excluding hydrogens is 332 g/mol. The first kappa shape index (κ1) is 16.4. The fraction of sp³-hybridized carbons (Fsp3) is 0.600. The van der Waals surface area contributed by atoms with Gasteiger partial charge in [-0.15, -0.1) is 21.5 Å². The van der Waals surface area contributed by atoms with E-state index in [9.17, 15) is 4.79 Å². The second-order valence-corrected chi connectivity index (χ2v) is 7.86. The van der Waals surface area contributed by atoms with Gasteiger partial charge in [0.2, 0.25) is 11.8 Å². The predicted molar refractivity (Wildman–Crippen MR) is 89.7 cm³/mol. The first-order chi connectivity index (χ1) is 11.1. The first-order valence-corrected chi connectivity index (χ1v) is 9.60. The Labute approximate surface area is 143 Å². The van der Waals surface area contributed by atoms with Gasteiger partial charge in [0.15, 0.2) is 0 Å². The molecule has 0 aliphatic carbocycles. The molecule has 0 spiro atoms. The monoisotopic (exact) mass is 352 g/mol. The maximum absolute atomic E-state index is 12.2. The predicted octanol–water partition coefficient (Wildman–Crippen LogP) is 2.78. The zero-order valence-corrected chi connectivity index (χ0v) is 15.0. The summed E-state index contributed by atoms with van der Waals surface area (Å²) in [4.78, 5) is 18.5. The Bertz CT molecular complexity index is 670. The summed E-state index contributed by atoms with van der Waals surface area (Å²) in [6.45, 7) is 5.88. The largest absolute Gasteiger partial charge is 0.416 e. The van der Waals surface area contributed by atoms with Crippen LogP contribution in [-0.2, 0) is 11.2 Å². The molecule has 0 radical (unpaired) electrons. The standard InChI is InChI=1S/C15H20N4O2S2/c1-10-4-3-5-19(7-10)14(20)9-23-15-18-17-13(21-15)6-12-8-22-11(2)16-12/h8,10H,3-7,9H2,1-2H3. The molecule has 1 amide bonds. The van der Waals surface area contributed by atoms with Crippen molar-refractivity contribution in [2.75, 3.05) is 18.8 Å². The van der Waals surface area contributed by atoms with Crippen molar-refractivity contribution in [2.45, 2.75) is 38.3 Å². The number of carbonyl (C=O) groups excluding carboxylic acids is 1. The number of carbonyl (C=O) groups is 1. The highest BCUT2D eigenvalue weighted by Gasteiger charge is 2.21. The molecule has 124 valence electrons. The number of rotatable bonds is 5. The van der Waals surface area contributed by atoms with E-state index in [1.165, 1.54) is 18.2 Å². The average Bonchev–Trinajstić information content (AvgIpc) is 3.14. The highest BCUT2D eigenvalue weighted by Crippen LogP contribution is 2.21. The van der Waals surface area contributed by atoms with Crippen molar-refractivity contribution in [3.63, 3.8) is 0 Å². The van der Waals surface area contributed by atoms with Crippen molar-refractivity contribution in [3.05, 3.63) is 22.0 Å². The number of piperidine rings is 1. The first-order valence-electron chi connectivity index (χ1n) is 7.74. The summed E-state index contributed by atoms with van der Waals surface area (Å²) in [5.74, 6) is 1.63. The third-order valence-corrected chi connectivity index (χ3v) is 5.40. The van der Waals surface area contributed by atoms with E-state index in [1.54, 1.807) is 11.3 Å². The lowest BCUT2D eigenvalue weighted by Gasteiger charge is -2.30. The zero-order chi connectivity index (χ0) is 16.2. The molecule has 1 atom stereocenters. The maximum Gasteiger partial charge on any atom is 0.277 e. The summed E-state index contributed by atoms with van der Waals surface area (Å²) in [7, 11) is 0. The van der Waals surface area contributed by atoms with Crippen LogP contribution < -0.4 is 0 Å². The van der Waals surface area contributed by atoms with Crippen molar-refractivity contribution in [2.24, 2.45) is 5.92 Å². The molecule has 2 aromatic rings. The summed E-state index contributed by atoms with van der Waals surface area (Å²) >= 11 is 2.91. The van der Waals surface area contributed by atoms with Crippen LogP contribution in [0.25, 0.3) is 0 Å². The van der Waals surface area contributed by atoms with Gasteiger partial charge in [-0.3, -0.25) is 4.79 Å². The lowest BCUT2D eigenvalue weighted by molar-refractivity contribution is -0.130. The van der Waals surface area contributed by atoms with Crippen LogP contribution in [-0.4, -0.2) is 44.8 Å². The van der Waals surface area contributed by atoms with E-state index in [-0.39, 0.29) is 5.91 Å². The molecule has 6 nitrogen and oxygen atoms in total. The number of hydrogen-bond donors (Lipinski definition) is 0. The van der Waals surface area contributed by atoms with E-state index in [0.29, 0.717) is 29.2 Å². The average molecular weight is 352 g/mol. The number of thiazole rings is 1. The number of hydrogen-bond acceptors (Lipinski definition) is 7. The van der Waals surface area contributed by atoms with Crippen LogP contribution in [0.2, 0.25) is 0 Å². The topological polar surface area (TPSA) is 72.1 Å². The van der Waals surface area contributed by atoms with E-state index in [2.05, 4.69) is 22.1 Å². The molecule has 0 N–H and O–H groups in total. The minimum absolute atomic E-state index is 0.149. The van der Waals surface area contributed by atoms with Gasteiger partial charge in [0.25, 0.3) is 5.22 Å². The van der Waals surface area contributed by atoms with Crippen LogP contribution in [0, 0.1) is 12.8 Å². The lowest BCUT2D eigenvalue weighted by atomic mass is 10.0. The van der Waals surface area contributed by atoms with Crippen molar-refractivity contribution in [1.29, 1.82) is 0 Å². The van der Waals surface area contributed by atoms with Gasteiger partial charge in [-0.1, -0.05) is 18.7 Å². The third-order valence-electron chi connectivity index (χ3n) is 3.78. The van der Waals surface area contributed by atoms with Gasteiger partial charge in [-0.05, 0) is 25.7 Å². The highest BCUT2D eigenvalue weighted by atomic mass is 32.2. The van der Waals surface area contributed by atoms with Crippen LogP contribution in [0.5, 0.6) is 0 Å². The molecule has 23 heavy (non-hydrogen) atoms. The van der Waals surface area contributed by atoms with Crippen LogP contribution in [0.15, 0.2) is 15.0 Å². The molecule has 0 saturated carbocycles. The molecule has 1 saturated heterocycles. The molecule has 3 rings (SSSR count). The van der Waals surface area contributed by atoms with E-state index in [1.807, 2.05) is 17.2 Å². The molecule has 1 aliphatic heterocycles. The summed E-state index contributed by atoms with van der Waals surface area (Å²) < 4.78 is 5.59. The lowest BCUT2D eigenvalue weighted by Crippen LogP contribution is -2.40. The quantitative estimate of drug-likeness (QED) is 0.771. The summed E-state index contributed by atoms with van der Waals surface area (Å²) in [6, 6.07) is 0. The van der Waals surface area contributed by atoms with Crippen LogP contribution >= 0.6 is 23.1 Å². The molecule has 0 bridgehead atoms. The van der Waals surface area contributed by atoms with E-state index in [4.69, 9.17) is 4.42 Å². The van der Waals surface area contributed by atoms with Gasteiger partial charge in [-0.2, -0.15) is 0 Å². The van der Waals surface area contributed by atoms with Gasteiger partial charge in [0, 0.05) is 18.5 Å². The van der Waals surface area contributed by atoms with Gasteiger partial charge < -0.3 is 9.32 Å². The van der Waals surface area contributed by atoms with Crippen molar-refractivity contribution in [3.8, 4) is 0 Å². The van der Waals surface area contributed by atoms with Crippen molar-refractivity contribution < 1.29 is 9.21 Å². The molecule has 2 aromatic heterocycles. The molecule has 0 aromatic carbocycles. The minimum atomic E-state index is 0.149. The number of thioether (sulfide) groups is 1. The van der Waals surface area contributed by atoms with Gasteiger partial charge in [0.05, 0.1) is 22.9 Å². The Balaban J connectivity index is 1.50. The van der Waals surface area contributed by atoms with Crippen molar-refractivity contribution >= 4 is 29.0 Å². The summed E-state index contributed by atoms with van der Waals surface area (Å²) in [5, 5.41) is 11.5. The zero-order valence-electron chi connectivity index (χ0n) is 13.3. The van der Waals surface area contributed by atoms with Gasteiger partial charge in [-0.25, -0.2) is 4.98 Å². The number of likely N-dealkylation sites (tertiary alicyclic amines) is 1. The number of amides is 1. The molecular formula is C15H20N4O2S2. The summed E-state index contributed by atoms with van der Waals surface area (Å²) in [5.41, 5.74) is 0.936. The van der Waals surface area contributed by atoms with Crippen molar-refractivity contribution in [1.82, 2.24) is 20.1 Å².